The Morgan fingerprint density at radius 2 is 2.00 bits per heavy atom. The second kappa shape index (κ2) is 3.50. The Kier molecular flexibility index (Phi) is 2.56. The van der Waals surface area contributed by atoms with Crippen molar-refractivity contribution in [3.05, 3.63) is 34.9 Å². The van der Waals surface area contributed by atoms with Gasteiger partial charge in [-0.25, -0.2) is 0 Å². The molecule has 2 heteroatoms. The molecule has 0 saturated heterocycles. The van der Waals surface area contributed by atoms with Crippen LogP contribution in [0.4, 0.5) is 0 Å². The molecule has 1 saturated carbocycles. The maximum atomic E-state index is 10.4. The Morgan fingerprint density at radius 1 is 1.40 bits per heavy atom. The lowest BCUT2D eigenvalue weighted by Gasteiger charge is -2.31. The molecule has 0 aromatic heterocycles. The molecule has 0 spiro atoms. The second-order valence-corrected chi connectivity index (χ2v) is 5.51. The highest BCUT2D eigenvalue weighted by atomic mass is 35.5. The van der Waals surface area contributed by atoms with Crippen molar-refractivity contribution in [1.29, 1.82) is 0 Å². The second-order valence-electron chi connectivity index (χ2n) is 5.10. The number of benzene rings is 1. The van der Waals surface area contributed by atoms with E-state index in [9.17, 15) is 5.11 Å². The van der Waals surface area contributed by atoms with Crippen LogP contribution in [0, 0.1) is 5.41 Å². The van der Waals surface area contributed by atoms with Gasteiger partial charge in [-0.15, -0.1) is 0 Å². The van der Waals surface area contributed by atoms with E-state index < -0.39 is 5.60 Å². The van der Waals surface area contributed by atoms with Crippen LogP contribution >= 0.6 is 11.6 Å². The quantitative estimate of drug-likeness (QED) is 0.834. The average molecular weight is 225 g/mol. The average Bonchev–Trinajstić information content (AvgIpc) is 2.89. The zero-order valence-electron chi connectivity index (χ0n) is 9.26. The molecule has 1 fully saturated rings. The topological polar surface area (TPSA) is 20.2 Å². The van der Waals surface area contributed by atoms with E-state index in [1.807, 2.05) is 31.2 Å². The summed E-state index contributed by atoms with van der Waals surface area (Å²) in [7, 11) is 0. The van der Waals surface area contributed by atoms with Crippen LogP contribution in [0.1, 0.15) is 32.3 Å². The fourth-order valence-corrected chi connectivity index (χ4v) is 2.15. The molecule has 82 valence electrons. The highest BCUT2D eigenvalue weighted by molar-refractivity contribution is 6.31. The summed E-state index contributed by atoms with van der Waals surface area (Å²) >= 11 is 6.09. The Morgan fingerprint density at radius 3 is 2.53 bits per heavy atom. The fraction of sp³-hybridized carbons (Fsp3) is 0.538. The van der Waals surface area contributed by atoms with Crippen molar-refractivity contribution < 1.29 is 5.11 Å². The molecular formula is C13H17ClO. The van der Waals surface area contributed by atoms with Gasteiger partial charge in [-0.2, -0.15) is 0 Å². The molecule has 1 aliphatic carbocycles. The van der Waals surface area contributed by atoms with Crippen LogP contribution < -0.4 is 0 Å². The van der Waals surface area contributed by atoms with Gasteiger partial charge in [-0.1, -0.05) is 36.7 Å². The Labute approximate surface area is 96.1 Å². The molecule has 0 radical (unpaired) electrons. The van der Waals surface area contributed by atoms with E-state index >= 15 is 0 Å². The van der Waals surface area contributed by atoms with Crippen molar-refractivity contribution in [2.24, 2.45) is 5.41 Å². The smallest absolute Gasteiger partial charge is 0.0713 e. The van der Waals surface area contributed by atoms with E-state index in [2.05, 4.69) is 6.92 Å². The van der Waals surface area contributed by atoms with E-state index in [0.717, 1.165) is 23.4 Å². The molecule has 0 aliphatic heterocycles. The van der Waals surface area contributed by atoms with Gasteiger partial charge in [-0.3, -0.25) is 0 Å². The number of aliphatic hydroxyl groups is 1. The summed E-state index contributed by atoms with van der Waals surface area (Å²) < 4.78 is 0. The van der Waals surface area contributed by atoms with E-state index in [1.54, 1.807) is 0 Å². The normalized spacial score (nSPS) is 22.1. The van der Waals surface area contributed by atoms with Crippen LogP contribution in [0.15, 0.2) is 24.3 Å². The highest BCUT2D eigenvalue weighted by Gasteiger charge is 2.52. The molecule has 1 atom stereocenters. The lowest BCUT2D eigenvalue weighted by Crippen LogP contribution is -2.36. The van der Waals surface area contributed by atoms with Gasteiger partial charge >= 0.3 is 0 Å². The molecule has 1 nitrogen and oxygen atoms in total. The molecule has 15 heavy (non-hydrogen) atoms. The van der Waals surface area contributed by atoms with Gasteiger partial charge < -0.3 is 5.11 Å². The lowest BCUT2D eigenvalue weighted by atomic mass is 9.82. The van der Waals surface area contributed by atoms with Crippen LogP contribution in [0.5, 0.6) is 0 Å². The Balaban J connectivity index is 2.18. The minimum absolute atomic E-state index is 0.0895. The van der Waals surface area contributed by atoms with E-state index in [1.165, 1.54) is 0 Å². The molecule has 1 aromatic rings. The van der Waals surface area contributed by atoms with E-state index in [0.29, 0.717) is 6.42 Å². The minimum atomic E-state index is -0.641. The first-order valence-corrected chi connectivity index (χ1v) is 5.78. The molecule has 2 rings (SSSR count). The van der Waals surface area contributed by atoms with Gasteiger partial charge in [0, 0.05) is 11.4 Å². The summed E-state index contributed by atoms with van der Waals surface area (Å²) in [5.41, 5.74) is 0.488. The van der Waals surface area contributed by atoms with Gasteiger partial charge in [0.05, 0.1) is 5.60 Å². The minimum Gasteiger partial charge on any atom is -0.389 e. The number of hydrogen-bond donors (Lipinski definition) is 1. The van der Waals surface area contributed by atoms with Crippen LogP contribution in [0.2, 0.25) is 5.02 Å². The van der Waals surface area contributed by atoms with Gasteiger partial charge in [0.25, 0.3) is 0 Å². The van der Waals surface area contributed by atoms with Crippen LogP contribution in [-0.2, 0) is 6.42 Å². The van der Waals surface area contributed by atoms with Crippen molar-refractivity contribution in [3.63, 3.8) is 0 Å². The van der Waals surface area contributed by atoms with E-state index in [-0.39, 0.29) is 5.41 Å². The molecule has 0 amide bonds. The fourth-order valence-electron chi connectivity index (χ4n) is 1.95. The van der Waals surface area contributed by atoms with Crippen LogP contribution in [0.3, 0.4) is 0 Å². The number of halogens is 1. The van der Waals surface area contributed by atoms with Crippen molar-refractivity contribution in [3.8, 4) is 0 Å². The maximum absolute atomic E-state index is 10.4. The summed E-state index contributed by atoms with van der Waals surface area (Å²) in [6.07, 6.45) is 2.87. The van der Waals surface area contributed by atoms with Crippen molar-refractivity contribution >= 4 is 11.6 Å². The maximum Gasteiger partial charge on any atom is 0.0713 e. The first-order chi connectivity index (χ1) is 6.95. The summed E-state index contributed by atoms with van der Waals surface area (Å²) in [5, 5.41) is 11.2. The van der Waals surface area contributed by atoms with Crippen molar-refractivity contribution in [2.45, 2.75) is 38.7 Å². The third-order valence-electron chi connectivity index (χ3n) is 3.79. The lowest BCUT2D eigenvalue weighted by molar-refractivity contribution is -0.00700. The number of rotatable bonds is 3. The third-order valence-corrected chi connectivity index (χ3v) is 4.16. The first-order valence-electron chi connectivity index (χ1n) is 5.40. The first kappa shape index (κ1) is 11.0. The molecular weight excluding hydrogens is 208 g/mol. The monoisotopic (exact) mass is 224 g/mol. The largest absolute Gasteiger partial charge is 0.389 e. The van der Waals surface area contributed by atoms with Gasteiger partial charge in [0.2, 0.25) is 0 Å². The molecule has 1 aromatic carbocycles. The van der Waals surface area contributed by atoms with Crippen molar-refractivity contribution in [2.75, 3.05) is 0 Å². The molecule has 1 unspecified atom stereocenters. The SMILES string of the molecule is CC(O)(Cc1ccccc1Cl)C1(C)CC1. The predicted molar refractivity (Wildman–Crippen MR) is 63.1 cm³/mol. The van der Waals surface area contributed by atoms with Crippen LogP contribution in [-0.4, -0.2) is 10.7 Å². The Hall–Kier alpha value is -0.530. The standard InChI is InChI=1S/C13H17ClO/c1-12(7-8-12)13(2,15)9-10-5-3-4-6-11(10)14/h3-6,15H,7-9H2,1-2H3. The van der Waals surface area contributed by atoms with Crippen molar-refractivity contribution in [1.82, 2.24) is 0 Å². The zero-order chi connectivity index (χ0) is 11.1. The molecule has 0 heterocycles. The summed E-state index contributed by atoms with van der Waals surface area (Å²) in [6.45, 7) is 4.06. The predicted octanol–water partition coefficient (Wildman–Crippen LogP) is 3.43. The zero-order valence-corrected chi connectivity index (χ0v) is 10.0. The summed E-state index contributed by atoms with van der Waals surface area (Å²) in [5.74, 6) is 0. The van der Waals surface area contributed by atoms with Gasteiger partial charge in [0.15, 0.2) is 0 Å². The number of hydrogen-bond acceptors (Lipinski definition) is 1. The molecule has 1 aliphatic rings. The third kappa shape index (κ3) is 2.04. The van der Waals surface area contributed by atoms with Gasteiger partial charge in [-0.05, 0) is 36.8 Å². The molecule has 1 N–H and O–H groups in total. The van der Waals surface area contributed by atoms with E-state index in [4.69, 9.17) is 11.6 Å². The van der Waals surface area contributed by atoms with Crippen LogP contribution in [0.25, 0.3) is 0 Å². The molecule has 0 bridgehead atoms. The van der Waals surface area contributed by atoms with Gasteiger partial charge in [0.1, 0.15) is 0 Å². The summed E-state index contributed by atoms with van der Waals surface area (Å²) in [6, 6.07) is 7.75. The Bertz CT molecular complexity index is 367. The highest BCUT2D eigenvalue weighted by Crippen LogP contribution is 2.54. The summed E-state index contributed by atoms with van der Waals surface area (Å²) in [4.78, 5) is 0.